The highest BCUT2D eigenvalue weighted by Gasteiger charge is 2.49. The number of carbonyl (C=O) groups excluding carboxylic acids is 1. The summed E-state index contributed by atoms with van der Waals surface area (Å²) in [6.45, 7) is 8.16. The number of furan rings is 1. The van der Waals surface area contributed by atoms with Crippen LogP contribution in [-0.2, 0) is 9.47 Å². The minimum Gasteiger partial charge on any atom is -0.450 e. The molecule has 7 heteroatoms. The van der Waals surface area contributed by atoms with Gasteiger partial charge in [-0.05, 0) is 26.7 Å². The molecular formula is C18H25N3O4. The van der Waals surface area contributed by atoms with Crippen molar-refractivity contribution in [3.63, 3.8) is 0 Å². The minimum absolute atomic E-state index is 0.0744. The van der Waals surface area contributed by atoms with Crippen LogP contribution >= 0.6 is 0 Å². The molecule has 25 heavy (non-hydrogen) atoms. The van der Waals surface area contributed by atoms with Gasteiger partial charge in [0.05, 0.1) is 24.9 Å². The normalized spacial score (nSPS) is 26.7. The molecular weight excluding hydrogens is 322 g/mol. The van der Waals surface area contributed by atoms with E-state index in [1.165, 1.54) is 6.07 Å². The second-order valence-corrected chi connectivity index (χ2v) is 6.68. The van der Waals surface area contributed by atoms with Crippen LogP contribution in [0.3, 0.4) is 0 Å². The number of nitriles is 1. The molecule has 0 aromatic carbocycles. The molecule has 1 aliphatic heterocycles. The van der Waals surface area contributed by atoms with Gasteiger partial charge in [-0.1, -0.05) is 0 Å². The molecule has 1 saturated heterocycles. The number of hydrogen-bond donors (Lipinski definition) is 1. The first-order valence-corrected chi connectivity index (χ1v) is 8.81. The van der Waals surface area contributed by atoms with Gasteiger partial charge in [0.2, 0.25) is 5.76 Å². The Balaban J connectivity index is 1.65. The third kappa shape index (κ3) is 3.71. The molecule has 1 aromatic rings. The summed E-state index contributed by atoms with van der Waals surface area (Å²) in [5.74, 6) is 0.427. The molecule has 1 N–H and O–H groups in total. The summed E-state index contributed by atoms with van der Waals surface area (Å²) in [4.78, 5) is 14.9. The molecule has 2 heterocycles. The highest BCUT2D eigenvalue weighted by Crippen LogP contribution is 2.40. The molecule has 1 aromatic heterocycles. The average Bonchev–Trinajstić information content (AvgIpc) is 2.98. The van der Waals surface area contributed by atoms with Gasteiger partial charge < -0.3 is 19.2 Å². The van der Waals surface area contributed by atoms with Crippen molar-refractivity contribution in [2.45, 2.75) is 38.3 Å². The second kappa shape index (κ2) is 7.56. The molecule has 0 unspecified atom stereocenters. The average molecular weight is 347 g/mol. The van der Waals surface area contributed by atoms with Crippen LogP contribution in [0.25, 0.3) is 0 Å². The maximum atomic E-state index is 12.5. The topological polar surface area (TPSA) is 87.7 Å². The zero-order chi connectivity index (χ0) is 17.9. The van der Waals surface area contributed by atoms with Crippen molar-refractivity contribution in [3.05, 3.63) is 23.2 Å². The van der Waals surface area contributed by atoms with Crippen LogP contribution in [0.4, 0.5) is 0 Å². The summed E-state index contributed by atoms with van der Waals surface area (Å²) in [5, 5.41) is 11.9. The van der Waals surface area contributed by atoms with Crippen LogP contribution < -0.4 is 5.32 Å². The molecule has 136 valence electrons. The van der Waals surface area contributed by atoms with Gasteiger partial charge in [0.25, 0.3) is 5.91 Å². The van der Waals surface area contributed by atoms with E-state index < -0.39 is 0 Å². The standard InChI is InChI=1S/C18H25N3O4/c1-3-24-15-9-18(10-15,21-4-6-23-7-5-21)12-20-17(22)16-8-14(11-19)25-13(16)2/h8,15H,3-7,9-10,12H2,1-2H3,(H,20,22). The highest BCUT2D eigenvalue weighted by molar-refractivity contribution is 5.95. The van der Waals surface area contributed by atoms with Gasteiger partial charge in [-0.25, -0.2) is 0 Å². The second-order valence-electron chi connectivity index (χ2n) is 6.68. The van der Waals surface area contributed by atoms with E-state index in [0.29, 0.717) is 24.5 Å². The number of morpholine rings is 1. The number of hydrogen-bond acceptors (Lipinski definition) is 6. The lowest BCUT2D eigenvalue weighted by Crippen LogP contribution is -2.67. The quantitative estimate of drug-likeness (QED) is 0.838. The Kier molecular flexibility index (Phi) is 5.42. The van der Waals surface area contributed by atoms with Gasteiger partial charge >= 0.3 is 0 Å². The van der Waals surface area contributed by atoms with E-state index >= 15 is 0 Å². The molecule has 0 bridgehead atoms. The first kappa shape index (κ1) is 17.9. The molecule has 1 aliphatic carbocycles. The van der Waals surface area contributed by atoms with Crippen molar-refractivity contribution in [1.82, 2.24) is 10.2 Å². The Morgan fingerprint density at radius 1 is 1.48 bits per heavy atom. The fourth-order valence-corrected chi connectivity index (χ4v) is 3.80. The maximum absolute atomic E-state index is 12.5. The van der Waals surface area contributed by atoms with Crippen molar-refractivity contribution in [1.29, 1.82) is 5.26 Å². The minimum atomic E-state index is -0.199. The van der Waals surface area contributed by atoms with E-state index in [4.69, 9.17) is 19.2 Å². The maximum Gasteiger partial charge on any atom is 0.254 e. The van der Waals surface area contributed by atoms with Gasteiger partial charge in [0.1, 0.15) is 11.8 Å². The Morgan fingerprint density at radius 3 is 2.80 bits per heavy atom. The van der Waals surface area contributed by atoms with Gasteiger partial charge in [-0.15, -0.1) is 0 Å². The van der Waals surface area contributed by atoms with Gasteiger partial charge in [0.15, 0.2) is 0 Å². The molecule has 7 nitrogen and oxygen atoms in total. The Hall–Kier alpha value is -1.88. The predicted octanol–water partition coefficient (Wildman–Crippen LogP) is 1.46. The van der Waals surface area contributed by atoms with Gasteiger partial charge in [0, 0.05) is 37.8 Å². The zero-order valence-corrected chi connectivity index (χ0v) is 14.8. The van der Waals surface area contributed by atoms with Crippen LogP contribution in [0.5, 0.6) is 0 Å². The molecule has 0 spiro atoms. The van der Waals surface area contributed by atoms with E-state index in [-0.39, 0.29) is 23.3 Å². The molecule has 2 fully saturated rings. The Bertz CT molecular complexity index is 652. The van der Waals surface area contributed by atoms with Crippen molar-refractivity contribution < 1.29 is 18.7 Å². The van der Waals surface area contributed by atoms with E-state index in [1.807, 2.05) is 13.0 Å². The summed E-state index contributed by atoms with van der Waals surface area (Å²) in [5.41, 5.74) is 0.351. The smallest absolute Gasteiger partial charge is 0.254 e. The Labute approximate surface area is 147 Å². The van der Waals surface area contributed by atoms with Crippen LogP contribution in [0.1, 0.15) is 41.6 Å². The molecule has 0 radical (unpaired) electrons. The first-order valence-electron chi connectivity index (χ1n) is 8.81. The van der Waals surface area contributed by atoms with E-state index in [2.05, 4.69) is 10.2 Å². The predicted molar refractivity (Wildman–Crippen MR) is 90.3 cm³/mol. The number of nitrogens with zero attached hydrogens (tertiary/aromatic N) is 2. The lowest BCUT2D eigenvalue weighted by molar-refractivity contribution is -0.124. The molecule has 1 amide bonds. The van der Waals surface area contributed by atoms with Gasteiger partial charge in [-0.2, -0.15) is 5.26 Å². The van der Waals surface area contributed by atoms with E-state index in [9.17, 15) is 4.79 Å². The fraction of sp³-hybridized carbons (Fsp3) is 0.667. The lowest BCUT2D eigenvalue weighted by Gasteiger charge is -2.55. The summed E-state index contributed by atoms with van der Waals surface area (Å²) in [6, 6.07) is 3.42. The van der Waals surface area contributed by atoms with Gasteiger partial charge in [-0.3, -0.25) is 9.69 Å². The SMILES string of the molecule is CCOC1CC(CNC(=O)c2cc(C#N)oc2C)(N2CCOCC2)C1. The molecule has 2 aliphatic rings. The first-order chi connectivity index (χ1) is 12.1. The number of rotatable bonds is 6. The zero-order valence-electron chi connectivity index (χ0n) is 14.8. The van der Waals surface area contributed by atoms with Crippen LogP contribution in [0, 0.1) is 18.3 Å². The molecule has 1 saturated carbocycles. The number of aryl methyl sites for hydroxylation is 1. The largest absolute Gasteiger partial charge is 0.450 e. The summed E-state index contributed by atoms with van der Waals surface area (Å²) < 4.78 is 16.4. The summed E-state index contributed by atoms with van der Waals surface area (Å²) in [7, 11) is 0. The van der Waals surface area contributed by atoms with Crippen LogP contribution in [0.2, 0.25) is 0 Å². The number of carbonyl (C=O) groups is 1. The Morgan fingerprint density at radius 2 is 2.20 bits per heavy atom. The summed E-state index contributed by atoms with van der Waals surface area (Å²) in [6.07, 6.45) is 2.08. The summed E-state index contributed by atoms with van der Waals surface area (Å²) >= 11 is 0. The third-order valence-electron chi connectivity index (χ3n) is 5.15. The van der Waals surface area contributed by atoms with Crippen molar-refractivity contribution in [2.75, 3.05) is 39.5 Å². The number of ether oxygens (including phenoxy) is 2. The number of nitrogens with one attached hydrogen (secondary N) is 1. The van der Waals surface area contributed by atoms with E-state index in [1.54, 1.807) is 6.92 Å². The fourth-order valence-electron chi connectivity index (χ4n) is 3.80. The van der Waals surface area contributed by atoms with Crippen molar-refractivity contribution in [2.24, 2.45) is 0 Å². The van der Waals surface area contributed by atoms with Crippen molar-refractivity contribution in [3.8, 4) is 6.07 Å². The monoisotopic (exact) mass is 347 g/mol. The highest BCUT2D eigenvalue weighted by atomic mass is 16.5. The van der Waals surface area contributed by atoms with Crippen molar-refractivity contribution >= 4 is 5.91 Å². The molecule has 0 atom stereocenters. The van der Waals surface area contributed by atoms with E-state index in [0.717, 1.165) is 39.1 Å². The number of amides is 1. The van der Waals surface area contributed by atoms with Crippen LogP contribution in [0.15, 0.2) is 10.5 Å². The lowest BCUT2D eigenvalue weighted by atomic mass is 9.72. The van der Waals surface area contributed by atoms with Crippen LogP contribution in [-0.4, -0.2) is 61.9 Å². The molecule has 3 rings (SSSR count). The third-order valence-corrected chi connectivity index (χ3v) is 5.15.